The molecule has 0 unspecified atom stereocenters. The zero-order chi connectivity index (χ0) is 14.4. The summed E-state index contributed by atoms with van der Waals surface area (Å²) in [5.74, 6) is 3.13. The maximum atomic E-state index is 10.8. The standard InChI is InChI=1S/C16H19N3O2/c20-19(21)15-3-1-2-14(9-15)17-18-16-12-5-10-4-11(7-12)8-13(16)6-10/h1-3,9-13,17H,4-8H2. The van der Waals surface area contributed by atoms with E-state index in [2.05, 4.69) is 10.5 Å². The number of hydrogen-bond acceptors (Lipinski definition) is 4. The van der Waals surface area contributed by atoms with Crippen LogP contribution in [0.5, 0.6) is 0 Å². The number of anilines is 1. The number of nitro groups is 1. The first-order valence-corrected chi connectivity index (χ1v) is 7.77. The third-order valence-electron chi connectivity index (χ3n) is 5.35. The lowest BCUT2D eigenvalue weighted by molar-refractivity contribution is -0.384. The highest BCUT2D eigenvalue weighted by molar-refractivity contribution is 5.91. The van der Waals surface area contributed by atoms with Gasteiger partial charge in [-0.05, 0) is 61.8 Å². The molecule has 4 aliphatic rings. The molecule has 5 nitrogen and oxygen atoms in total. The SMILES string of the molecule is O=[N+]([O-])c1cccc(NN=C2C3CC4CC(C3)CC2C4)c1. The molecule has 4 saturated carbocycles. The van der Waals surface area contributed by atoms with Crippen LogP contribution in [0.4, 0.5) is 11.4 Å². The Kier molecular flexibility index (Phi) is 2.94. The van der Waals surface area contributed by atoms with E-state index in [-0.39, 0.29) is 10.6 Å². The van der Waals surface area contributed by atoms with Gasteiger partial charge >= 0.3 is 0 Å². The Bertz CT molecular complexity index is 581. The normalized spacial score (nSPS) is 33.0. The van der Waals surface area contributed by atoms with Crippen LogP contribution in [0.15, 0.2) is 29.4 Å². The van der Waals surface area contributed by atoms with Crippen molar-refractivity contribution in [2.45, 2.75) is 32.1 Å². The number of nitro benzene ring substituents is 1. The van der Waals surface area contributed by atoms with Crippen LogP contribution in [0.2, 0.25) is 0 Å². The second-order valence-corrected chi connectivity index (χ2v) is 6.76. The lowest BCUT2D eigenvalue weighted by atomic mass is 9.55. The Balaban J connectivity index is 1.53. The zero-order valence-electron chi connectivity index (χ0n) is 11.9. The highest BCUT2D eigenvalue weighted by Gasteiger charge is 2.46. The molecule has 0 aromatic heterocycles. The van der Waals surface area contributed by atoms with Crippen molar-refractivity contribution in [1.82, 2.24) is 0 Å². The van der Waals surface area contributed by atoms with Crippen LogP contribution in [-0.2, 0) is 0 Å². The minimum Gasteiger partial charge on any atom is -0.278 e. The molecule has 1 aromatic rings. The second kappa shape index (κ2) is 4.83. The molecule has 4 aliphatic carbocycles. The summed E-state index contributed by atoms with van der Waals surface area (Å²) < 4.78 is 0. The minimum atomic E-state index is -0.374. The molecular formula is C16H19N3O2. The van der Waals surface area contributed by atoms with Crippen molar-refractivity contribution in [3.63, 3.8) is 0 Å². The van der Waals surface area contributed by atoms with Crippen LogP contribution >= 0.6 is 0 Å². The Morgan fingerprint density at radius 2 is 1.76 bits per heavy atom. The lowest BCUT2D eigenvalue weighted by Crippen LogP contribution is -2.45. The molecule has 5 heteroatoms. The summed E-state index contributed by atoms with van der Waals surface area (Å²) in [4.78, 5) is 10.4. The van der Waals surface area contributed by atoms with Crippen molar-refractivity contribution >= 4 is 17.1 Å². The van der Waals surface area contributed by atoms with Crippen molar-refractivity contribution < 1.29 is 4.92 Å². The average Bonchev–Trinajstić information content (AvgIpc) is 2.46. The van der Waals surface area contributed by atoms with Crippen molar-refractivity contribution in [1.29, 1.82) is 0 Å². The van der Waals surface area contributed by atoms with Gasteiger partial charge in [-0.3, -0.25) is 15.5 Å². The number of nitrogens with zero attached hydrogens (tertiary/aromatic N) is 2. The molecule has 0 radical (unpaired) electrons. The molecule has 0 heterocycles. The largest absolute Gasteiger partial charge is 0.278 e. The lowest BCUT2D eigenvalue weighted by Gasteiger charge is -2.50. The van der Waals surface area contributed by atoms with Gasteiger partial charge in [-0.2, -0.15) is 5.10 Å². The fourth-order valence-electron chi connectivity index (χ4n) is 4.67. The summed E-state index contributed by atoms with van der Waals surface area (Å²) in [6, 6.07) is 6.56. The van der Waals surface area contributed by atoms with Gasteiger partial charge in [-0.25, -0.2) is 0 Å². The van der Waals surface area contributed by atoms with Gasteiger partial charge in [0.1, 0.15) is 0 Å². The summed E-state index contributed by atoms with van der Waals surface area (Å²) in [7, 11) is 0. The van der Waals surface area contributed by atoms with E-state index in [1.807, 2.05) is 6.07 Å². The van der Waals surface area contributed by atoms with Gasteiger partial charge in [0.05, 0.1) is 10.6 Å². The molecule has 5 rings (SSSR count). The summed E-state index contributed by atoms with van der Waals surface area (Å²) in [6.45, 7) is 0. The quantitative estimate of drug-likeness (QED) is 0.678. The molecule has 1 aromatic carbocycles. The monoisotopic (exact) mass is 285 g/mol. The number of non-ortho nitro benzene ring substituents is 1. The Labute approximate surface area is 123 Å². The van der Waals surface area contributed by atoms with Gasteiger partial charge in [-0.1, -0.05) is 6.07 Å². The predicted molar refractivity (Wildman–Crippen MR) is 81.2 cm³/mol. The van der Waals surface area contributed by atoms with Gasteiger partial charge in [0.25, 0.3) is 5.69 Å². The van der Waals surface area contributed by atoms with Crippen LogP contribution in [0.1, 0.15) is 32.1 Å². The molecular weight excluding hydrogens is 266 g/mol. The predicted octanol–water partition coefficient (Wildman–Crippen LogP) is 3.82. The highest BCUT2D eigenvalue weighted by Crippen LogP contribution is 2.52. The van der Waals surface area contributed by atoms with Gasteiger partial charge < -0.3 is 0 Å². The van der Waals surface area contributed by atoms with Crippen LogP contribution in [-0.4, -0.2) is 10.6 Å². The maximum absolute atomic E-state index is 10.8. The summed E-state index contributed by atoms with van der Waals surface area (Å²) in [6.07, 6.45) is 6.61. The maximum Gasteiger partial charge on any atom is 0.271 e. The van der Waals surface area contributed by atoms with Gasteiger partial charge in [0.2, 0.25) is 0 Å². The van der Waals surface area contributed by atoms with E-state index < -0.39 is 0 Å². The van der Waals surface area contributed by atoms with E-state index in [9.17, 15) is 10.1 Å². The van der Waals surface area contributed by atoms with Gasteiger partial charge in [-0.15, -0.1) is 0 Å². The van der Waals surface area contributed by atoms with Gasteiger partial charge in [0.15, 0.2) is 0 Å². The first kappa shape index (κ1) is 12.8. The second-order valence-electron chi connectivity index (χ2n) is 6.76. The fourth-order valence-corrected chi connectivity index (χ4v) is 4.67. The van der Waals surface area contributed by atoms with Crippen molar-refractivity contribution in [2.24, 2.45) is 28.8 Å². The molecule has 0 amide bonds. The molecule has 1 N–H and O–H groups in total. The fraction of sp³-hybridized carbons (Fsp3) is 0.562. The average molecular weight is 285 g/mol. The molecule has 0 spiro atoms. The summed E-state index contributed by atoms with van der Waals surface area (Å²) in [5, 5.41) is 15.4. The number of benzene rings is 1. The van der Waals surface area contributed by atoms with E-state index in [0.717, 1.165) is 11.8 Å². The topological polar surface area (TPSA) is 67.5 Å². The van der Waals surface area contributed by atoms with E-state index >= 15 is 0 Å². The van der Waals surface area contributed by atoms with Crippen LogP contribution < -0.4 is 5.43 Å². The number of hydrogen-bond donors (Lipinski definition) is 1. The smallest absolute Gasteiger partial charge is 0.271 e. The van der Waals surface area contributed by atoms with Gasteiger partial charge in [0, 0.05) is 17.8 Å². The molecule has 21 heavy (non-hydrogen) atoms. The van der Waals surface area contributed by atoms with Crippen molar-refractivity contribution in [2.75, 3.05) is 5.43 Å². The van der Waals surface area contributed by atoms with E-state index in [1.54, 1.807) is 12.1 Å². The first-order chi connectivity index (χ1) is 10.2. The Morgan fingerprint density at radius 1 is 1.10 bits per heavy atom. The molecule has 4 bridgehead atoms. The molecule has 0 aliphatic heterocycles. The number of rotatable bonds is 3. The first-order valence-electron chi connectivity index (χ1n) is 7.77. The summed E-state index contributed by atoms with van der Waals surface area (Å²) >= 11 is 0. The molecule has 110 valence electrons. The Hall–Kier alpha value is -1.91. The minimum absolute atomic E-state index is 0.102. The number of hydrazone groups is 1. The van der Waals surface area contributed by atoms with E-state index in [0.29, 0.717) is 17.5 Å². The van der Waals surface area contributed by atoms with Crippen LogP contribution in [0, 0.1) is 33.8 Å². The highest BCUT2D eigenvalue weighted by atomic mass is 16.6. The van der Waals surface area contributed by atoms with Crippen LogP contribution in [0.3, 0.4) is 0 Å². The third-order valence-corrected chi connectivity index (χ3v) is 5.35. The van der Waals surface area contributed by atoms with E-state index in [1.165, 1.54) is 43.9 Å². The van der Waals surface area contributed by atoms with Crippen molar-refractivity contribution in [3.05, 3.63) is 34.4 Å². The molecule has 4 fully saturated rings. The van der Waals surface area contributed by atoms with Crippen LogP contribution in [0.25, 0.3) is 0 Å². The molecule has 0 saturated heterocycles. The number of nitrogens with one attached hydrogen (secondary N) is 1. The molecule has 0 atom stereocenters. The van der Waals surface area contributed by atoms with E-state index in [4.69, 9.17) is 0 Å². The zero-order valence-corrected chi connectivity index (χ0v) is 11.9. The third kappa shape index (κ3) is 2.30. The Morgan fingerprint density at radius 3 is 2.38 bits per heavy atom. The summed E-state index contributed by atoms with van der Waals surface area (Å²) in [5.41, 5.74) is 5.17. The van der Waals surface area contributed by atoms with Crippen molar-refractivity contribution in [3.8, 4) is 0 Å².